The summed E-state index contributed by atoms with van der Waals surface area (Å²) in [5.74, 6) is -0.503. The first-order chi connectivity index (χ1) is 16.3. The zero-order chi connectivity index (χ0) is 24.3. The molecule has 0 aliphatic carbocycles. The SMILES string of the molecule is Cc1cc(NC(=O)C2(NC(=O)c3ccc(Br)s3)CCOC2)ccc1N1CCOC=C1N[N+](=O)[O-]. The number of anilines is 2. The molecule has 3 heterocycles. The van der Waals surface area contributed by atoms with Gasteiger partial charge in [0, 0.05) is 24.4 Å². The van der Waals surface area contributed by atoms with Crippen molar-refractivity contribution in [3.8, 4) is 0 Å². The lowest BCUT2D eigenvalue weighted by Crippen LogP contribution is -2.57. The van der Waals surface area contributed by atoms with Gasteiger partial charge in [0.25, 0.3) is 11.8 Å². The molecule has 1 saturated heterocycles. The normalized spacial score (nSPS) is 19.7. The topological polar surface area (TPSA) is 135 Å². The Hall–Kier alpha value is -3.16. The van der Waals surface area contributed by atoms with E-state index < -0.39 is 10.6 Å². The van der Waals surface area contributed by atoms with Crippen LogP contribution in [-0.4, -0.2) is 48.8 Å². The standard InChI is InChI=1S/C21H22BrN5O6S/c1-13-10-14(2-3-15(13)26-7-9-32-11-18(26)25-27(30)31)23-20(29)21(6-8-33-12-21)24-19(28)16-4-5-17(22)34-16/h2-5,10-11,25H,6-9,12H2,1H3,(H,23,29)(H,24,28). The molecule has 3 N–H and O–H groups in total. The monoisotopic (exact) mass is 551 g/mol. The van der Waals surface area contributed by atoms with Crippen molar-refractivity contribution in [3.63, 3.8) is 0 Å². The molecule has 11 nitrogen and oxygen atoms in total. The second-order valence-corrected chi connectivity index (χ2v) is 10.3. The Morgan fingerprint density at radius 1 is 1.26 bits per heavy atom. The molecule has 4 rings (SSSR count). The molecule has 2 aromatic rings. The average molecular weight is 552 g/mol. The number of hydrogen-bond acceptors (Lipinski definition) is 8. The summed E-state index contributed by atoms with van der Waals surface area (Å²) in [7, 11) is 0. The number of ether oxygens (including phenoxy) is 2. The van der Waals surface area contributed by atoms with Crippen molar-refractivity contribution in [3.05, 3.63) is 66.8 Å². The van der Waals surface area contributed by atoms with Gasteiger partial charge in [0.15, 0.2) is 5.03 Å². The molecule has 1 aromatic carbocycles. The Morgan fingerprint density at radius 2 is 2.09 bits per heavy atom. The number of thiophene rings is 1. The highest BCUT2D eigenvalue weighted by Gasteiger charge is 2.44. The summed E-state index contributed by atoms with van der Waals surface area (Å²) in [6.45, 7) is 3.07. The van der Waals surface area contributed by atoms with E-state index in [1.165, 1.54) is 17.6 Å². The zero-order valence-corrected chi connectivity index (χ0v) is 20.5. The fourth-order valence-electron chi connectivity index (χ4n) is 3.80. The van der Waals surface area contributed by atoms with Gasteiger partial charge in [0.2, 0.25) is 5.82 Å². The zero-order valence-electron chi connectivity index (χ0n) is 18.1. The number of carbonyl (C=O) groups excluding carboxylic acids is 2. The number of rotatable bonds is 7. The van der Waals surface area contributed by atoms with Crippen LogP contribution in [0, 0.1) is 17.0 Å². The second kappa shape index (κ2) is 9.99. The third-order valence-corrected chi connectivity index (χ3v) is 7.10. The van der Waals surface area contributed by atoms with Gasteiger partial charge in [-0.25, -0.2) is 10.1 Å². The number of nitrogens with one attached hydrogen (secondary N) is 3. The van der Waals surface area contributed by atoms with Crippen molar-refractivity contribution in [2.75, 3.05) is 36.6 Å². The van der Waals surface area contributed by atoms with Crippen LogP contribution < -0.4 is 21.0 Å². The fraction of sp³-hybridized carbons (Fsp3) is 0.333. The minimum absolute atomic E-state index is 0.0721. The highest BCUT2D eigenvalue weighted by atomic mass is 79.9. The number of carbonyl (C=O) groups is 2. The van der Waals surface area contributed by atoms with Crippen LogP contribution in [0.3, 0.4) is 0 Å². The van der Waals surface area contributed by atoms with Gasteiger partial charge in [-0.15, -0.1) is 11.3 Å². The van der Waals surface area contributed by atoms with E-state index in [9.17, 15) is 19.7 Å². The van der Waals surface area contributed by atoms with E-state index in [0.29, 0.717) is 36.7 Å². The summed E-state index contributed by atoms with van der Waals surface area (Å²) in [4.78, 5) is 39.1. The predicted octanol–water partition coefficient (Wildman–Crippen LogP) is 2.76. The van der Waals surface area contributed by atoms with Gasteiger partial charge in [0.1, 0.15) is 18.4 Å². The molecule has 0 spiro atoms. The summed E-state index contributed by atoms with van der Waals surface area (Å²) < 4.78 is 11.5. The van der Waals surface area contributed by atoms with Gasteiger partial charge in [-0.1, -0.05) is 5.43 Å². The second-order valence-electron chi connectivity index (χ2n) is 7.79. The lowest BCUT2D eigenvalue weighted by atomic mass is 9.96. The van der Waals surface area contributed by atoms with Crippen LogP contribution in [0.15, 0.2) is 46.2 Å². The Kier molecular flexibility index (Phi) is 7.05. The summed E-state index contributed by atoms with van der Waals surface area (Å²) in [6.07, 6.45) is 1.66. The van der Waals surface area contributed by atoms with Gasteiger partial charge >= 0.3 is 0 Å². The number of nitrogens with zero attached hydrogens (tertiary/aromatic N) is 2. The van der Waals surface area contributed by atoms with Crippen LogP contribution >= 0.6 is 27.3 Å². The van der Waals surface area contributed by atoms with Crippen molar-refractivity contribution in [1.82, 2.24) is 10.7 Å². The molecule has 1 aromatic heterocycles. The van der Waals surface area contributed by atoms with Crippen molar-refractivity contribution in [1.29, 1.82) is 0 Å². The summed E-state index contributed by atoms with van der Waals surface area (Å²) >= 11 is 4.62. The number of aryl methyl sites for hydroxylation is 1. The fourth-order valence-corrected chi connectivity index (χ4v) is 5.08. The van der Waals surface area contributed by atoms with Crippen LogP contribution in [0.2, 0.25) is 0 Å². The Morgan fingerprint density at radius 3 is 2.74 bits per heavy atom. The smallest absolute Gasteiger partial charge is 0.262 e. The molecule has 34 heavy (non-hydrogen) atoms. The molecule has 0 radical (unpaired) electrons. The molecular weight excluding hydrogens is 530 g/mol. The lowest BCUT2D eigenvalue weighted by Gasteiger charge is -2.30. The Labute approximate surface area is 207 Å². The third-order valence-electron chi connectivity index (χ3n) is 5.48. The Bertz CT molecular complexity index is 1150. The van der Waals surface area contributed by atoms with Gasteiger partial charge in [-0.05, 0) is 58.7 Å². The van der Waals surface area contributed by atoms with E-state index in [1.54, 1.807) is 35.2 Å². The van der Waals surface area contributed by atoms with E-state index in [4.69, 9.17) is 9.47 Å². The van der Waals surface area contributed by atoms with Crippen LogP contribution in [0.1, 0.15) is 21.7 Å². The molecule has 2 aliphatic heterocycles. The van der Waals surface area contributed by atoms with Crippen LogP contribution in [0.4, 0.5) is 11.4 Å². The van der Waals surface area contributed by atoms with E-state index in [0.717, 1.165) is 15.0 Å². The third kappa shape index (κ3) is 5.16. The number of nitro groups is 1. The van der Waals surface area contributed by atoms with Gasteiger partial charge < -0.3 is 25.0 Å². The molecule has 0 saturated carbocycles. The number of benzene rings is 1. The lowest BCUT2D eigenvalue weighted by molar-refractivity contribution is -0.536. The maximum Gasteiger partial charge on any atom is 0.262 e. The van der Waals surface area contributed by atoms with Crippen LogP contribution in [0.25, 0.3) is 0 Å². The highest BCUT2D eigenvalue weighted by Crippen LogP contribution is 2.29. The molecule has 0 bridgehead atoms. The first-order valence-corrected chi connectivity index (χ1v) is 12.0. The minimum Gasteiger partial charge on any atom is -0.495 e. The van der Waals surface area contributed by atoms with E-state index >= 15 is 0 Å². The molecule has 1 fully saturated rings. The van der Waals surface area contributed by atoms with Crippen LogP contribution in [0.5, 0.6) is 0 Å². The number of halogens is 1. The summed E-state index contributed by atoms with van der Waals surface area (Å²) in [5, 5.41) is 16.0. The van der Waals surface area contributed by atoms with Crippen molar-refractivity contribution < 1.29 is 24.1 Å². The summed E-state index contributed by atoms with van der Waals surface area (Å²) in [6, 6.07) is 8.72. The van der Waals surface area contributed by atoms with Crippen molar-refractivity contribution >= 4 is 50.5 Å². The summed E-state index contributed by atoms with van der Waals surface area (Å²) in [5.41, 5.74) is 3.01. The Balaban J connectivity index is 1.50. The van der Waals surface area contributed by atoms with E-state index in [2.05, 4.69) is 32.0 Å². The van der Waals surface area contributed by atoms with Crippen molar-refractivity contribution in [2.24, 2.45) is 0 Å². The number of amides is 2. The largest absolute Gasteiger partial charge is 0.495 e. The van der Waals surface area contributed by atoms with E-state index in [1.807, 2.05) is 6.92 Å². The first kappa shape index (κ1) is 24.0. The minimum atomic E-state index is -1.18. The quantitative estimate of drug-likeness (QED) is 0.353. The molecule has 180 valence electrons. The highest BCUT2D eigenvalue weighted by molar-refractivity contribution is 9.11. The number of hydrogen-bond donors (Lipinski definition) is 3. The molecule has 2 aliphatic rings. The predicted molar refractivity (Wildman–Crippen MR) is 129 cm³/mol. The van der Waals surface area contributed by atoms with Gasteiger partial charge in [-0.2, -0.15) is 0 Å². The van der Waals surface area contributed by atoms with E-state index in [-0.39, 0.29) is 24.2 Å². The molecule has 13 heteroatoms. The average Bonchev–Trinajstić information content (AvgIpc) is 3.44. The van der Waals surface area contributed by atoms with Gasteiger partial charge in [-0.3, -0.25) is 9.59 Å². The molecular formula is C21H22BrN5O6S. The molecule has 2 amide bonds. The first-order valence-electron chi connectivity index (χ1n) is 10.4. The number of hydrazine groups is 1. The molecule has 1 atom stereocenters. The molecule has 1 unspecified atom stereocenters. The maximum atomic E-state index is 13.2. The van der Waals surface area contributed by atoms with Crippen molar-refractivity contribution in [2.45, 2.75) is 18.9 Å². The van der Waals surface area contributed by atoms with Crippen LogP contribution in [-0.2, 0) is 14.3 Å². The maximum absolute atomic E-state index is 13.2. The van der Waals surface area contributed by atoms with Gasteiger partial charge in [0.05, 0.1) is 21.8 Å².